The molecule has 0 aliphatic heterocycles. The summed E-state index contributed by atoms with van der Waals surface area (Å²) < 4.78 is 7.19. The Kier molecular flexibility index (Phi) is 4.89. The molecule has 0 saturated heterocycles. The maximum Gasteiger partial charge on any atom is 0.254 e. The van der Waals surface area contributed by atoms with Crippen LogP contribution in [0.4, 0.5) is 0 Å². The number of benzene rings is 1. The van der Waals surface area contributed by atoms with Gasteiger partial charge in [0.15, 0.2) is 0 Å². The summed E-state index contributed by atoms with van der Waals surface area (Å²) >= 11 is 0. The molecule has 30 heavy (non-hydrogen) atoms. The van der Waals surface area contributed by atoms with Gasteiger partial charge in [0.1, 0.15) is 0 Å². The number of hydrogen-bond donors (Lipinski definition) is 1. The van der Waals surface area contributed by atoms with E-state index in [1.807, 2.05) is 38.2 Å². The molecular weight excluding hydrogens is 378 g/mol. The molecule has 2 saturated carbocycles. The van der Waals surface area contributed by atoms with Crippen LogP contribution in [-0.2, 0) is 0 Å². The summed E-state index contributed by atoms with van der Waals surface area (Å²) in [5, 5.41) is 12.0. The topological polar surface area (TPSA) is 85.8 Å². The van der Waals surface area contributed by atoms with Gasteiger partial charge >= 0.3 is 0 Å². The molecule has 1 aromatic carbocycles. The molecule has 3 aromatic rings. The first-order chi connectivity index (χ1) is 14.6. The van der Waals surface area contributed by atoms with Crippen LogP contribution in [0.1, 0.15) is 78.4 Å². The number of carbonyl (C=O) groups is 1. The smallest absolute Gasteiger partial charge is 0.254 e. The first-order valence-electron chi connectivity index (χ1n) is 10.9. The molecule has 0 atom stereocenters. The Bertz CT molecular complexity index is 1070. The predicted octanol–water partition coefficient (Wildman–Crippen LogP) is 4.48. The van der Waals surface area contributed by atoms with E-state index in [0.29, 0.717) is 17.3 Å². The molecule has 5 rings (SSSR count). The van der Waals surface area contributed by atoms with Crippen molar-refractivity contribution in [2.45, 2.75) is 70.8 Å². The molecule has 0 spiro atoms. The number of hydrogen-bond acceptors (Lipinski definition) is 5. The molecule has 0 unspecified atom stereocenters. The standard InChI is InChI=1S/C23H27N5O2/c1-14-8-9-17(21-25-23(30-27-21)16-10-11-16)12-20(14)28-13-19(15(2)26-28)22(29)24-18-6-4-3-5-7-18/h8-9,12-13,16,18H,3-7,10-11H2,1-2H3,(H,24,29). The maximum absolute atomic E-state index is 12.8. The Morgan fingerprint density at radius 1 is 1.13 bits per heavy atom. The van der Waals surface area contributed by atoms with E-state index in [1.165, 1.54) is 19.3 Å². The number of carbonyl (C=O) groups excluding carboxylic acids is 1. The van der Waals surface area contributed by atoms with Gasteiger partial charge in [-0.25, -0.2) is 4.68 Å². The SMILES string of the molecule is Cc1ccc(-c2noc(C3CC3)n2)cc1-n1cc(C(=O)NC2CCCCC2)c(C)n1. The van der Waals surface area contributed by atoms with Crippen LogP contribution in [-0.4, -0.2) is 31.9 Å². The minimum absolute atomic E-state index is 0.0355. The number of aryl methyl sites for hydroxylation is 2. The molecule has 2 heterocycles. The fraction of sp³-hybridized carbons (Fsp3) is 0.478. The van der Waals surface area contributed by atoms with Crippen molar-refractivity contribution >= 4 is 5.91 Å². The molecule has 7 heteroatoms. The number of nitrogens with one attached hydrogen (secondary N) is 1. The first-order valence-corrected chi connectivity index (χ1v) is 10.9. The molecule has 156 valence electrons. The fourth-order valence-electron chi connectivity index (χ4n) is 4.16. The van der Waals surface area contributed by atoms with E-state index < -0.39 is 0 Å². The van der Waals surface area contributed by atoms with Crippen LogP contribution >= 0.6 is 0 Å². The Hall–Kier alpha value is -2.96. The van der Waals surface area contributed by atoms with Gasteiger partial charge in [0.25, 0.3) is 5.91 Å². The Morgan fingerprint density at radius 3 is 2.70 bits per heavy atom. The van der Waals surface area contributed by atoms with E-state index in [1.54, 1.807) is 4.68 Å². The van der Waals surface area contributed by atoms with Crippen LogP contribution in [0, 0.1) is 13.8 Å². The van der Waals surface area contributed by atoms with Gasteiger partial charge in [-0.05, 0) is 51.2 Å². The van der Waals surface area contributed by atoms with Gasteiger partial charge in [-0.15, -0.1) is 0 Å². The van der Waals surface area contributed by atoms with Gasteiger partial charge < -0.3 is 9.84 Å². The van der Waals surface area contributed by atoms with Crippen LogP contribution in [0.2, 0.25) is 0 Å². The van der Waals surface area contributed by atoms with Crippen molar-refractivity contribution in [3.8, 4) is 17.1 Å². The summed E-state index contributed by atoms with van der Waals surface area (Å²) in [7, 11) is 0. The van der Waals surface area contributed by atoms with Crippen LogP contribution < -0.4 is 5.32 Å². The van der Waals surface area contributed by atoms with Crippen LogP contribution in [0.3, 0.4) is 0 Å². The van der Waals surface area contributed by atoms with Gasteiger partial charge in [-0.1, -0.05) is 36.6 Å². The van der Waals surface area contributed by atoms with E-state index >= 15 is 0 Å². The van der Waals surface area contributed by atoms with Gasteiger partial charge in [0.05, 0.1) is 16.9 Å². The molecule has 0 radical (unpaired) electrons. The predicted molar refractivity (Wildman–Crippen MR) is 113 cm³/mol. The van der Waals surface area contributed by atoms with E-state index in [4.69, 9.17) is 4.52 Å². The highest BCUT2D eigenvalue weighted by molar-refractivity contribution is 5.95. The second-order valence-corrected chi connectivity index (χ2v) is 8.61. The fourth-order valence-corrected chi connectivity index (χ4v) is 4.16. The number of aromatic nitrogens is 4. The Morgan fingerprint density at radius 2 is 1.93 bits per heavy atom. The summed E-state index contributed by atoms with van der Waals surface area (Å²) in [5.41, 5.74) is 4.20. The molecule has 2 aliphatic carbocycles. The zero-order valence-electron chi connectivity index (χ0n) is 17.5. The van der Waals surface area contributed by atoms with Crippen molar-refractivity contribution < 1.29 is 9.32 Å². The lowest BCUT2D eigenvalue weighted by molar-refractivity contribution is 0.0927. The minimum Gasteiger partial charge on any atom is -0.349 e. The van der Waals surface area contributed by atoms with Crippen molar-refractivity contribution in [1.29, 1.82) is 0 Å². The largest absolute Gasteiger partial charge is 0.349 e. The molecule has 1 N–H and O–H groups in total. The quantitative estimate of drug-likeness (QED) is 0.676. The van der Waals surface area contributed by atoms with E-state index in [2.05, 4.69) is 20.6 Å². The van der Waals surface area contributed by atoms with Crippen molar-refractivity contribution in [1.82, 2.24) is 25.2 Å². The molecule has 1 amide bonds. The zero-order valence-corrected chi connectivity index (χ0v) is 17.5. The van der Waals surface area contributed by atoms with Crippen LogP contribution in [0.25, 0.3) is 17.1 Å². The summed E-state index contributed by atoms with van der Waals surface area (Å²) in [6.45, 7) is 3.91. The van der Waals surface area contributed by atoms with Crippen molar-refractivity contribution in [3.63, 3.8) is 0 Å². The van der Waals surface area contributed by atoms with Crippen molar-refractivity contribution in [2.24, 2.45) is 0 Å². The average Bonchev–Trinajstić information content (AvgIpc) is 3.35. The first kappa shape index (κ1) is 19.0. The normalized spacial score (nSPS) is 17.3. The number of nitrogens with zero attached hydrogens (tertiary/aromatic N) is 4. The minimum atomic E-state index is -0.0355. The van der Waals surface area contributed by atoms with Gasteiger partial charge in [0, 0.05) is 23.7 Å². The highest BCUT2D eigenvalue weighted by Crippen LogP contribution is 2.39. The summed E-state index contributed by atoms with van der Waals surface area (Å²) in [6.07, 6.45) is 9.84. The van der Waals surface area contributed by atoms with Gasteiger partial charge in [0.2, 0.25) is 11.7 Å². The lowest BCUT2D eigenvalue weighted by Crippen LogP contribution is -2.36. The molecule has 7 nitrogen and oxygen atoms in total. The van der Waals surface area contributed by atoms with E-state index in [-0.39, 0.29) is 11.9 Å². The highest BCUT2D eigenvalue weighted by Gasteiger charge is 2.30. The highest BCUT2D eigenvalue weighted by atomic mass is 16.5. The average molecular weight is 406 g/mol. The molecule has 2 aliphatic rings. The third-order valence-electron chi connectivity index (χ3n) is 6.17. The van der Waals surface area contributed by atoms with Gasteiger partial charge in [-0.2, -0.15) is 10.1 Å². The van der Waals surface area contributed by atoms with Crippen LogP contribution in [0.5, 0.6) is 0 Å². The lowest BCUT2D eigenvalue weighted by atomic mass is 9.95. The van der Waals surface area contributed by atoms with Crippen LogP contribution in [0.15, 0.2) is 28.9 Å². The lowest BCUT2D eigenvalue weighted by Gasteiger charge is -2.22. The van der Waals surface area contributed by atoms with E-state index in [0.717, 1.165) is 54.1 Å². The summed E-state index contributed by atoms with van der Waals surface area (Å²) in [4.78, 5) is 17.4. The van der Waals surface area contributed by atoms with Crippen molar-refractivity contribution in [2.75, 3.05) is 0 Å². The number of rotatable bonds is 5. The summed E-state index contributed by atoms with van der Waals surface area (Å²) in [6, 6.07) is 6.30. The molecular formula is C23H27N5O2. The second kappa shape index (κ2) is 7.70. The third kappa shape index (κ3) is 3.76. The Balaban J connectivity index is 1.40. The molecule has 0 bridgehead atoms. The summed E-state index contributed by atoms with van der Waals surface area (Å²) in [5.74, 6) is 1.71. The Labute approximate surface area is 175 Å². The van der Waals surface area contributed by atoms with Gasteiger partial charge in [-0.3, -0.25) is 4.79 Å². The monoisotopic (exact) mass is 405 g/mol. The molecule has 2 fully saturated rings. The maximum atomic E-state index is 12.8. The van der Waals surface area contributed by atoms with E-state index in [9.17, 15) is 4.79 Å². The van der Waals surface area contributed by atoms with Crippen molar-refractivity contribution in [3.05, 3.63) is 47.1 Å². The third-order valence-corrected chi connectivity index (χ3v) is 6.17. The zero-order chi connectivity index (χ0) is 20.7. The number of amides is 1. The second-order valence-electron chi connectivity index (χ2n) is 8.61. The molecule has 2 aromatic heterocycles.